The summed E-state index contributed by atoms with van der Waals surface area (Å²) >= 11 is 0. The van der Waals surface area contributed by atoms with Crippen molar-refractivity contribution < 1.29 is 9.59 Å². The molecule has 1 amide bonds. The lowest BCUT2D eigenvalue weighted by atomic mass is 10.0. The summed E-state index contributed by atoms with van der Waals surface area (Å²) in [5.74, 6) is -1.22. The topological polar surface area (TPSA) is 50.6 Å². The molecule has 0 aliphatic heterocycles. The minimum atomic E-state index is -0.650. The normalized spacial score (nSPS) is 10.8. The first-order chi connectivity index (χ1) is 13.5. The molecular formula is C24H20N2O2. The van der Waals surface area contributed by atoms with Crippen LogP contribution in [0.3, 0.4) is 0 Å². The highest BCUT2D eigenvalue weighted by Crippen LogP contribution is 2.29. The minimum absolute atomic E-state index is 0.365. The summed E-state index contributed by atoms with van der Waals surface area (Å²) in [6.45, 7) is 3.95. The molecule has 1 N–H and O–H groups in total. The highest BCUT2D eigenvalue weighted by atomic mass is 16.2. The van der Waals surface area contributed by atoms with Crippen molar-refractivity contribution >= 4 is 22.9 Å². The van der Waals surface area contributed by atoms with E-state index in [0.717, 1.165) is 27.8 Å². The third kappa shape index (κ3) is 3.32. The number of fused-ring (bicyclic) bond motifs is 1. The highest BCUT2D eigenvalue weighted by Gasteiger charge is 2.24. The molecule has 4 rings (SSSR count). The van der Waals surface area contributed by atoms with E-state index in [0.29, 0.717) is 11.4 Å². The predicted molar refractivity (Wildman–Crippen MR) is 112 cm³/mol. The fraction of sp³-hybridized carbons (Fsp3) is 0.0833. The molecule has 0 saturated heterocycles. The number of aryl methyl sites for hydroxylation is 2. The number of aromatic nitrogens is 1. The van der Waals surface area contributed by atoms with Crippen LogP contribution in [0.25, 0.3) is 16.6 Å². The van der Waals surface area contributed by atoms with E-state index in [-0.39, 0.29) is 0 Å². The second-order valence-electron chi connectivity index (χ2n) is 6.92. The van der Waals surface area contributed by atoms with Crippen LogP contribution in [0.1, 0.15) is 21.6 Å². The average Bonchev–Trinajstić information content (AvgIpc) is 3.07. The van der Waals surface area contributed by atoms with Crippen LogP contribution in [0.2, 0.25) is 0 Å². The SMILES string of the molecule is Cc1ccc(-c2cc3ccccn3c2C(=O)C(=O)Nc2cccc(C)c2)cc1. The number of carbonyl (C=O) groups is 2. The number of Topliss-reactive ketones (excluding diaryl/α,β-unsaturated/α-hetero) is 1. The van der Waals surface area contributed by atoms with E-state index in [4.69, 9.17) is 0 Å². The Bertz CT molecular complexity index is 1190. The number of hydrogen-bond acceptors (Lipinski definition) is 2. The van der Waals surface area contributed by atoms with Crippen molar-refractivity contribution in [3.63, 3.8) is 0 Å². The molecule has 0 spiro atoms. The van der Waals surface area contributed by atoms with Gasteiger partial charge < -0.3 is 9.72 Å². The average molecular weight is 368 g/mol. The number of nitrogens with one attached hydrogen (secondary N) is 1. The molecule has 0 unspecified atom stereocenters. The summed E-state index contributed by atoms with van der Waals surface area (Å²) in [6.07, 6.45) is 1.81. The lowest BCUT2D eigenvalue weighted by Gasteiger charge is -2.08. The van der Waals surface area contributed by atoms with Crippen LogP contribution in [0.15, 0.2) is 79.0 Å². The van der Waals surface area contributed by atoms with Crippen LogP contribution in [-0.4, -0.2) is 16.1 Å². The van der Waals surface area contributed by atoms with E-state index in [2.05, 4.69) is 5.32 Å². The van der Waals surface area contributed by atoms with Gasteiger partial charge in [-0.3, -0.25) is 9.59 Å². The van der Waals surface area contributed by atoms with Gasteiger partial charge in [0.2, 0.25) is 0 Å². The van der Waals surface area contributed by atoms with Gasteiger partial charge in [0.05, 0.1) is 0 Å². The molecule has 0 bridgehead atoms. The summed E-state index contributed by atoms with van der Waals surface area (Å²) in [6, 6.07) is 23.0. The molecule has 2 heterocycles. The number of rotatable bonds is 4. The third-order valence-corrected chi connectivity index (χ3v) is 4.74. The van der Waals surface area contributed by atoms with Gasteiger partial charge in [0.1, 0.15) is 5.69 Å². The molecule has 0 atom stereocenters. The fourth-order valence-electron chi connectivity index (χ4n) is 3.33. The zero-order valence-corrected chi connectivity index (χ0v) is 15.8. The zero-order chi connectivity index (χ0) is 19.7. The molecule has 4 heteroatoms. The van der Waals surface area contributed by atoms with Crippen LogP contribution in [0, 0.1) is 13.8 Å². The maximum atomic E-state index is 13.1. The quantitative estimate of drug-likeness (QED) is 0.405. The monoisotopic (exact) mass is 368 g/mol. The molecule has 2 aromatic carbocycles. The second-order valence-corrected chi connectivity index (χ2v) is 6.92. The number of carbonyl (C=O) groups excluding carboxylic acids is 2. The van der Waals surface area contributed by atoms with Gasteiger partial charge in [-0.15, -0.1) is 0 Å². The smallest absolute Gasteiger partial charge is 0.298 e. The summed E-state index contributed by atoms with van der Waals surface area (Å²) in [7, 11) is 0. The van der Waals surface area contributed by atoms with Gasteiger partial charge in [-0.05, 0) is 55.3 Å². The zero-order valence-electron chi connectivity index (χ0n) is 15.8. The van der Waals surface area contributed by atoms with Crippen LogP contribution in [0.5, 0.6) is 0 Å². The van der Waals surface area contributed by atoms with Crippen molar-refractivity contribution in [2.45, 2.75) is 13.8 Å². The van der Waals surface area contributed by atoms with Crippen LogP contribution >= 0.6 is 0 Å². The van der Waals surface area contributed by atoms with Gasteiger partial charge in [0, 0.05) is 23.0 Å². The fourth-order valence-corrected chi connectivity index (χ4v) is 3.33. The van der Waals surface area contributed by atoms with Gasteiger partial charge in [-0.25, -0.2) is 0 Å². The molecule has 138 valence electrons. The number of anilines is 1. The van der Waals surface area contributed by atoms with Gasteiger partial charge in [0.25, 0.3) is 11.7 Å². The molecule has 4 nitrogen and oxygen atoms in total. The predicted octanol–water partition coefficient (Wildman–Crippen LogP) is 5.04. The van der Waals surface area contributed by atoms with E-state index in [1.54, 1.807) is 16.7 Å². The second kappa shape index (κ2) is 7.16. The molecule has 2 aromatic heterocycles. The summed E-state index contributed by atoms with van der Waals surface area (Å²) < 4.78 is 1.77. The first-order valence-corrected chi connectivity index (χ1v) is 9.12. The Kier molecular flexibility index (Phi) is 4.53. The van der Waals surface area contributed by atoms with E-state index < -0.39 is 11.7 Å². The minimum Gasteiger partial charge on any atom is -0.319 e. The Hall–Kier alpha value is -3.66. The molecule has 0 aliphatic rings. The van der Waals surface area contributed by atoms with Crippen molar-refractivity contribution in [1.29, 1.82) is 0 Å². The van der Waals surface area contributed by atoms with Gasteiger partial charge >= 0.3 is 0 Å². The maximum absolute atomic E-state index is 13.1. The largest absolute Gasteiger partial charge is 0.319 e. The van der Waals surface area contributed by atoms with Crippen LogP contribution in [-0.2, 0) is 4.79 Å². The van der Waals surface area contributed by atoms with Crippen molar-refractivity contribution in [2.75, 3.05) is 5.32 Å². The van der Waals surface area contributed by atoms with E-state index in [1.807, 2.05) is 80.6 Å². The standard InChI is InChI=1S/C24H20N2O2/c1-16-9-11-18(12-10-16)21-15-20-8-3-4-13-26(20)22(21)23(27)24(28)25-19-7-5-6-17(2)14-19/h3-15H,1-2H3,(H,25,28). The van der Waals surface area contributed by atoms with Gasteiger partial charge in [-0.2, -0.15) is 0 Å². The number of ketones is 1. The number of nitrogens with zero attached hydrogens (tertiary/aromatic N) is 1. The van der Waals surface area contributed by atoms with E-state index >= 15 is 0 Å². The third-order valence-electron chi connectivity index (χ3n) is 4.74. The molecule has 0 aliphatic carbocycles. The summed E-state index contributed by atoms with van der Waals surface area (Å²) in [5.41, 5.74) is 5.64. The molecule has 0 radical (unpaired) electrons. The van der Waals surface area contributed by atoms with Crippen molar-refractivity contribution in [2.24, 2.45) is 0 Å². The molecule has 28 heavy (non-hydrogen) atoms. The van der Waals surface area contributed by atoms with Gasteiger partial charge in [0.15, 0.2) is 0 Å². The Morgan fingerprint density at radius 1 is 0.821 bits per heavy atom. The molecule has 4 aromatic rings. The molecule has 0 fully saturated rings. The Morgan fingerprint density at radius 3 is 2.36 bits per heavy atom. The Labute approximate surface area is 163 Å². The van der Waals surface area contributed by atoms with Crippen LogP contribution < -0.4 is 5.32 Å². The van der Waals surface area contributed by atoms with E-state index in [9.17, 15) is 9.59 Å². The number of pyridine rings is 1. The maximum Gasteiger partial charge on any atom is 0.298 e. The van der Waals surface area contributed by atoms with Crippen molar-refractivity contribution in [3.05, 3.63) is 95.8 Å². The first-order valence-electron chi connectivity index (χ1n) is 9.12. The number of hydrogen-bond donors (Lipinski definition) is 1. The lowest BCUT2D eigenvalue weighted by molar-refractivity contribution is -0.112. The number of benzene rings is 2. The van der Waals surface area contributed by atoms with Crippen molar-refractivity contribution in [1.82, 2.24) is 4.40 Å². The molecule has 0 saturated carbocycles. The van der Waals surface area contributed by atoms with Crippen molar-refractivity contribution in [3.8, 4) is 11.1 Å². The highest BCUT2D eigenvalue weighted by molar-refractivity contribution is 6.47. The summed E-state index contributed by atoms with van der Waals surface area (Å²) in [4.78, 5) is 25.9. The van der Waals surface area contributed by atoms with Crippen LogP contribution in [0.4, 0.5) is 5.69 Å². The summed E-state index contributed by atoms with van der Waals surface area (Å²) in [5, 5.41) is 2.72. The Morgan fingerprint density at radius 2 is 1.61 bits per heavy atom. The molecular weight excluding hydrogens is 348 g/mol. The first kappa shape index (κ1) is 17.7. The number of amides is 1. The Balaban J connectivity index is 1.78. The van der Waals surface area contributed by atoms with Gasteiger partial charge in [-0.1, -0.05) is 48.0 Å². The lowest BCUT2D eigenvalue weighted by Crippen LogP contribution is -2.24. The van der Waals surface area contributed by atoms with E-state index in [1.165, 1.54) is 0 Å².